The molecule has 20 heavy (non-hydrogen) atoms. The summed E-state index contributed by atoms with van der Waals surface area (Å²) < 4.78 is 2.03. The van der Waals surface area contributed by atoms with Crippen molar-refractivity contribution < 1.29 is 0 Å². The molecule has 0 unspecified atom stereocenters. The number of aromatic nitrogens is 3. The molecule has 0 N–H and O–H groups in total. The molecule has 0 fully saturated rings. The average molecular weight is 263 g/mol. The molecule has 0 saturated heterocycles. The van der Waals surface area contributed by atoms with E-state index in [0.717, 1.165) is 35.3 Å². The number of aryl methyl sites for hydroxylation is 1. The highest BCUT2D eigenvalue weighted by molar-refractivity contribution is 5.80. The van der Waals surface area contributed by atoms with E-state index >= 15 is 0 Å². The van der Waals surface area contributed by atoms with Crippen LogP contribution in [0.1, 0.15) is 13.3 Å². The topological polar surface area (TPSA) is 30.7 Å². The van der Waals surface area contributed by atoms with Crippen LogP contribution in [0.3, 0.4) is 0 Å². The van der Waals surface area contributed by atoms with Crippen LogP contribution in [0.15, 0.2) is 61.1 Å². The Morgan fingerprint density at radius 2 is 1.70 bits per heavy atom. The van der Waals surface area contributed by atoms with Crippen LogP contribution in [0.25, 0.3) is 22.4 Å². The summed E-state index contributed by atoms with van der Waals surface area (Å²) in [5.41, 5.74) is 4.49. The van der Waals surface area contributed by atoms with Crippen LogP contribution in [0.2, 0.25) is 0 Å². The van der Waals surface area contributed by atoms with Crippen molar-refractivity contribution in [2.45, 2.75) is 19.9 Å². The van der Waals surface area contributed by atoms with Crippen LogP contribution in [0, 0.1) is 0 Å². The molecule has 3 heteroatoms. The normalized spacial score (nSPS) is 10.7. The van der Waals surface area contributed by atoms with Gasteiger partial charge in [0.05, 0.1) is 0 Å². The van der Waals surface area contributed by atoms with Gasteiger partial charge in [-0.1, -0.05) is 37.3 Å². The van der Waals surface area contributed by atoms with Gasteiger partial charge in [-0.3, -0.25) is 9.67 Å². The Bertz CT molecular complexity index is 615. The number of nitrogens with zero attached hydrogens (tertiary/aromatic N) is 3. The van der Waals surface area contributed by atoms with E-state index in [-0.39, 0.29) is 0 Å². The first kappa shape index (κ1) is 12.6. The third kappa shape index (κ3) is 2.48. The quantitative estimate of drug-likeness (QED) is 0.711. The summed E-state index contributed by atoms with van der Waals surface area (Å²) in [6.45, 7) is 3.10. The molecule has 2 aromatic heterocycles. The molecule has 0 aliphatic heterocycles. The molecule has 3 rings (SSSR count). The standard InChI is InChI=1S/C17H17N3/c1-2-12-20-13-16(14-8-10-18-11-9-14)17(19-20)15-6-4-3-5-7-15/h3-11,13H,2,12H2,1H3. The van der Waals surface area contributed by atoms with Gasteiger partial charge >= 0.3 is 0 Å². The lowest BCUT2D eigenvalue weighted by molar-refractivity contribution is 0.604. The maximum absolute atomic E-state index is 4.74. The van der Waals surface area contributed by atoms with E-state index in [9.17, 15) is 0 Å². The zero-order chi connectivity index (χ0) is 13.8. The minimum absolute atomic E-state index is 0.935. The van der Waals surface area contributed by atoms with E-state index in [4.69, 9.17) is 5.10 Å². The molecule has 0 atom stereocenters. The first-order valence-electron chi connectivity index (χ1n) is 6.91. The predicted molar refractivity (Wildman–Crippen MR) is 81.2 cm³/mol. The van der Waals surface area contributed by atoms with Gasteiger partial charge in [0, 0.05) is 36.3 Å². The van der Waals surface area contributed by atoms with Crippen molar-refractivity contribution in [2.24, 2.45) is 0 Å². The fourth-order valence-corrected chi connectivity index (χ4v) is 2.32. The summed E-state index contributed by atoms with van der Waals surface area (Å²) in [6.07, 6.45) is 6.84. The van der Waals surface area contributed by atoms with Crippen LogP contribution in [-0.4, -0.2) is 14.8 Å². The molecule has 0 amide bonds. The molecule has 100 valence electrons. The van der Waals surface area contributed by atoms with E-state index in [2.05, 4.69) is 30.2 Å². The smallest absolute Gasteiger partial charge is 0.100 e. The van der Waals surface area contributed by atoms with Crippen molar-refractivity contribution in [1.82, 2.24) is 14.8 Å². The van der Waals surface area contributed by atoms with Gasteiger partial charge in [0.15, 0.2) is 0 Å². The maximum Gasteiger partial charge on any atom is 0.100 e. The predicted octanol–water partition coefficient (Wildman–Crippen LogP) is 4.02. The van der Waals surface area contributed by atoms with E-state index in [1.807, 2.05) is 47.4 Å². The first-order valence-corrected chi connectivity index (χ1v) is 6.91. The van der Waals surface area contributed by atoms with Crippen LogP contribution < -0.4 is 0 Å². The molecule has 0 spiro atoms. The number of pyridine rings is 1. The number of hydrogen-bond acceptors (Lipinski definition) is 2. The van der Waals surface area contributed by atoms with E-state index in [1.165, 1.54) is 0 Å². The van der Waals surface area contributed by atoms with Gasteiger partial charge in [-0.25, -0.2) is 0 Å². The monoisotopic (exact) mass is 263 g/mol. The highest BCUT2D eigenvalue weighted by atomic mass is 15.3. The largest absolute Gasteiger partial charge is 0.271 e. The zero-order valence-electron chi connectivity index (χ0n) is 11.5. The molecule has 0 radical (unpaired) electrons. The molecule has 0 bridgehead atoms. The molecule has 1 aromatic carbocycles. The van der Waals surface area contributed by atoms with Gasteiger partial charge in [-0.2, -0.15) is 5.10 Å². The van der Waals surface area contributed by atoms with Crippen LogP contribution >= 0.6 is 0 Å². The molecule has 0 saturated carbocycles. The fourth-order valence-electron chi connectivity index (χ4n) is 2.32. The van der Waals surface area contributed by atoms with Crippen LogP contribution in [-0.2, 0) is 6.54 Å². The highest BCUT2D eigenvalue weighted by Crippen LogP contribution is 2.30. The van der Waals surface area contributed by atoms with Crippen molar-refractivity contribution in [2.75, 3.05) is 0 Å². The maximum atomic E-state index is 4.74. The molecular formula is C17H17N3. The SMILES string of the molecule is CCCn1cc(-c2ccncc2)c(-c2ccccc2)n1. The molecule has 0 aliphatic rings. The van der Waals surface area contributed by atoms with Crippen molar-refractivity contribution in [3.05, 3.63) is 61.1 Å². The Morgan fingerprint density at radius 1 is 0.950 bits per heavy atom. The second-order valence-electron chi connectivity index (χ2n) is 4.76. The minimum atomic E-state index is 0.935. The third-order valence-electron chi connectivity index (χ3n) is 3.25. The Labute approximate surface area is 118 Å². The van der Waals surface area contributed by atoms with Crippen molar-refractivity contribution in [1.29, 1.82) is 0 Å². The third-order valence-corrected chi connectivity index (χ3v) is 3.25. The van der Waals surface area contributed by atoms with Gasteiger partial charge in [-0.15, -0.1) is 0 Å². The Morgan fingerprint density at radius 3 is 2.40 bits per heavy atom. The first-order chi connectivity index (χ1) is 9.88. The second kappa shape index (κ2) is 5.70. The number of hydrogen-bond donors (Lipinski definition) is 0. The van der Waals surface area contributed by atoms with E-state index in [0.29, 0.717) is 0 Å². The molecular weight excluding hydrogens is 246 g/mol. The van der Waals surface area contributed by atoms with Crippen LogP contribution in [0.4, 0.5) is 0 Å². The van der Waals surface area contributed by atoms with Crippen molar-refractivity contribution in [3.63, 3.8) is 0 Å². The van der Waals surface area contributed by atoms with Gasteiger partial charge in [0.25, 0.3) is 0 Å². The van der Waals surface area contributed by atoms with Crippen molar-refractivity contribution in [3.8, 4) is 22.4 Å². The van der Waals surface area contributed by atoms with Gasteiger partial charge < -0.3 is 0 Å². The summed E-state index contributed by atoms with van der Waals surface area (Å²) in [7, 11) is 0. The lowest BCUT2D eigenvalue weighted by Crippen LogP contribution is -1.96. The van der Waals surface area contributed by atoms with Crippen molar-refractivity contribution >= 4 is 0 Å². The Hall–Kier alpha value is -2.42. The lowest BCUT2D eigenvalue weighted by atomic mass is 10.0. The lowest BCUT2D eigenvalue weighted by Gasteiger charge is -2.01. The summed E-state index contributed by atoms with van der Waals surface area (Å²) in [5.74, 6) is 0. The molecule has 2 heterocycles. The Kier molecular flexibility index (Phi) is 3.59. The molecule has 3 nitrogen and oxygen atoms in total. The number of rotatable bonds is 4. The molecule has 3 aromatic rings. The highest BCUT2D eigenvalue weighted by Gasteiger charge is 2.12. The summed E-state index contributed by atoms with van der Waals surface area (Å²) >= 11 is 0. The fraction of sp³-hybridized carbons (Fsp3) is 0.176. The van der Waals surface area contributed by atoms with Crippen LogP contribution in [0.5, 0.6) is 0 Å². The average Bonchev–Trinajstić information content (AvgIpc) is 2.93. The summed E-state index contributed by atoms with van der Waals surface area (Å²) in [6, 6.07) is 14.4. The van der Waals surface area contributed by atoms with Gasteiger partial charge in [-0.05, 0) is 24.1 Å². The van der Waals surface area contributed by atoms with Gasteiger partial charge in [0.1, 0.15) is 5.69 Å². The summed E-state index contributed by atoms with van der Waals surface area (Å²) in [4.78, 5) is 4.09. The molecule has 0 aliphatic carbocycles. The second-order valence-corrected chi connectivity index (χ2v) is 4.76. The minimum Gasteiger partial charge on any atom is -0.271 e. The zero-order valence-corrected chi connectivity index (χ0v) is 11.5. The number of benzene rings is 1. The summed E-state index contributed by atoms with van der Waals surface area (Å²) in [5, 5.41) is 4.74. The van der Waals surface area contributed by atoms with E-state index in [1.54, 1.807) is 0 Å². The van der Waals surface area contributed by atoms with E-state index < -0.39 is 0 Å². The Balaban J connectivity index is 2.13. The van der Waals surface area contributed by atoms with Gasteiger partial charge in [0.2, 0.25) is 0 Å².